The van der Waals surface area contributed by atoms with Crippen LogP contribution >= 0.6 is 0 Å². The van der Waals surface area contributed by atoms with E-state index in [0.717, 1.165) is 11.8 Å². The fourth-order valence-electron chi connectivity index (χ4n) is 3.16. The highest BCUT2D eigenvalue weighted by atomic mass is 32.2. The van der Waals surface area contributed by atoms with Crippen LogP contribution in [0.25, 0.3) is 0 Å². The second-order valence-corrected chi connectivity index (χ2v) is 8.99. The van der Waals surface area contributed by atoms with Crippen molar-refractivity contribution in [2.45, 2.75) is 6.54 Å². The third-order valence-electron chi connectivity index (χ3n) is 4.80. The fourth-order valence-corrected chi connectivity index (χ4v) is 4.06. The molecule has 0 bridgehead atoms. The predicted octanol–water partition coefficient (Wildman–Crippen LogP) is 3.43. The van der Waals surface area contributed by atoms with Crippen LogP contribution in [0.3, 0.4) is 0 Å². The van der Waals surface area contributed by atoms with Crippen molar-refractivity contribution in [1.82, 2.24) is 5.43 Å². The van der Waals surface area contributed by atoms with Gasteiger partial charge in [0.05, 0.1) is 44.5 Å². The Morgan fingerprint density at radius 3 is 2.36 bits per heavy atom. The number of sulfonamides is 1. The Morgan fingerprint density at radius 1 is 1.00 bits per heavy atom. The van der Waals surface area contributed by atoms with Gasteiger partial charge in [0.25, 0.3) is 5.91 Å². The van der Waals surface area contributed by atoms with E-state index in [9.17, 15) is 13.2 Å². The van der Waals surface area contributed by atoms with Crippen molar-refractivity contribution in [2.75, 3.05) is 24.8 Å². The Morgan fingerprint density at radius 2 is 1.70 bits per heavy atom. The van der Waals surface area contributed by atoms with Crippen LogP contribution in [0.5, 0.6) is 11.5 Å². The van der Waals surface area contributed by atoms with Crippen LogP contribution in [0.4, 0.5) is 5.69 Å². The molecule has 8 nitrogen and oxygen atoms in total. The number of hydrogen-bond acceptors (Lipinski definition) is 6. The highest BCUT2D eigenvalue weighted by Gasteiger charge is 2.23. The van der Waals surface area contributed by atoms with Gasteiger partial charge in [-0.05, 0) is 29.8 Å². The molecule has 172 valence electrons. The van der Waals surface area contributed by atoms with Gasteiger partial charge in [0.1, 0.15) is 11.5 Å². The molecule has 0 fully saturated rings. The molecule has 0 heterocycles. The lowest BCUT2D eigenvalue weighted by Crippen LogP contribution is -2.32. The van der Waals surface area contributed by atoms with E-state index in [1.54, 1.807) is 49.6 Å². The number of nitrogens with zero attached hydrogens (tertiary/aromatic N) is 2. The average molecular weight is 468 g/mol. The maximum absolute atomic E-state index is 12.9. The number of anilines is 1. The van der Waals surface area contributed by atoms with E-state index < -0.39 is 15.9 Å². The Labute approximate surface area is 193 Å². The first kappa shape index (κ1) is 23.8. The first-order valence-electron chi connectivity index (χ1n) is 9.99. The van der Waals surface area contributed by atoms with Crippen LogP contribution in [-0.2, 0) is 16.6 Å². The molecule has 0 aliphatic carbocycles. The van der Waals surface area contributed by atoms with Crippen LogP contribution < -0.4 is 19.2 Å². The molecule has 9 heteroatoms. The summed E-state index contributed by atoms with van der Waals surface area (Å²) in [6.45, 7) is 0.0935. The molecule has 33 heavy (non-hydrogen) atoms. The molecule has 0 unspecified atom stereocenters. The van der Waals surface area contributed by atoms with Gasteiger partial charge in [0, 0.05) is 11.6 Å². The maximum Gasteiger partial charge on any atom is 0.273 e. The smallest absolute Gasteiger partial charge is 0.273 e. The number of hydrogen-bond donors (Lipinski definition) is 1. The topological polar surface area (TPSA) is 97.3 Å². The first-order valence-corrected chi connectivity index (χ1v) is 11.8. The summed E-state index contributed by atoms with van der Waals surface area (Å²) in [6.07, 6.45) is 2.55. The highest BCUT2D eigenvalue weighted by Crippen LogP contribution is 2.26. The summed E-state index contributed by atoms with van der Waals surface area (Å²) in [4.78, 5) is 12.9. The van der Waals surface area contributed by atoms with Crippen molar-refractivity contribution in [3.63, 3.8) is 0 Å². The van der Waals surface area contributed by atoms with E-state index in [1.165, 1.54) is 17.6 Å². The van der Waals surface area contributed by atoms with E-state index in [1.807, 2.05) is 30.3 Å². The molecule has 0 aliphatic heterocycles. The van der Waals surface area contributed by atoms with Gasteiger partial charge in [0.2, 0.25) is 10.0 Å². The predicted molar refractivity (Wildman–Crippen MR) is 129 cm³/mol. The zero-order valence-corrected chi connectivity index (χ0v) is 19.4. The van der Waals surface area contributed by atoms with Gasteiger partial charge in [0.15, 0.2) is 0 Å². The number of benzene rings is 3. The number of hydrazone groups is 1. The van der Waals surface area contributed by atoms with Crippen molar-refractivity contribution >= 4 is 27.8 Å². The number of nitrogens with one attached hydrogen (secondary N) is 1. The minimum Gasteiger partial charge on any atom is -0.497 e. The van der Waals surface area contributed by atoms with Crippen LogP contribution in [0.1, 0.15) is 21.5 Å². The van der Waals surface area contributed by atoms with Crippen LogP contribution in [0, 0.1) is 0 Å². The number of amides is 1. The molecular formula is C24H25N3O5S. The monoisotopic (exact) mass is 467 g/mol. The Balaban J connectivity index is 1.85. The number of para-hydroxylation sites is 1. The number of ether oxygens (including phenoxy) is 2. The standard InChI is InChI=1S/C24H25N3O5S/c1-31-20-14-13-19(23(15-20)32-2)16-25-26-24(28)21-11-7-8-12-22(21)27(33(3,29)30)17-18-9-5-4-6-10-18/h4-16H,17H2,1-3H3,(H,26,28)/b25-16+. The van der Waals surface area contributed by atoms with Gasteiger partial charge in [-0.3, -0.25) is 9.10 Å². The Kier molecular flexibility index (Phi) is 7.68. The number of carbonyl (C=O) groups excluding carboxylic acids is 1. The van der Waals surface area contributed by atoms with Gasteiger partial charge >= 0.3 is 0 Å². The number of carbonyl (C=O) groups is 1. The van der Waals surface area contributed by atoms with Crippen molar-refractivity contribution in [1.29, 1.82) is 0 Å². The van der Waals surface area contributed by atoms with Gasteiger partial charge < -0.3 is 9.47 Å². The zero-order valence-electron chi connectivity index (χ0n) is 18.6. The normalized spacial score (nSPS) is 11.2. The number of rotatable bonds is 9. The minimum absolute atomic E-state index is 0.0935. The van der Waals surface area contributed by atoms with Crippen molar-refractivity contribution in [2.24, 2.45) is 5.10 Å². The Hall–Kier alpha value is -3.85. The van der Waals surface area contributed by atoms with Gasteiger partial charge in [-0.15, -0.1) is 0 Å². The van der Waals surface area contributed by atoms with E-state index in [4.69, 9.17) is 9.47 Å². The molecule has 3 aromatic carbocycles. The van der Waals surface area contributed by atoms with E-state index in [0.29, 0.717) is 17.1 Å². The van der Waals surface area contributed by atoms with Crippen molar-refractivity contribution in [3.8, 4) is 11.5 Å². The van der Waals surface area contributed by atoms with E-state index >= 15 is 0 Å². The van der Waals surface area contributed by atoms with E-state index in [-0.39, 0.29) is 17.8 Å². The van der Waals surface area contributed by atoms with Crippen LogP contribution in [-0.4, -0.2) is 41.0 Å². The van der Waals surface area contributed by atoms with Crippen molar-refractivity contribution < 1.29 is 22.7 Å². The molecular weight excluding hydrogens is 442 g/mol. The molecule has 3 aromatic rings. The largest absolute Gasteiger partial charge is 0.497 e. The fraction of sp³-hybridized carbons (Fsp3) is 0.167. The molecule has 0 spiro atoms. The molecule has 0 atom stereocenters. The first-order chi connectivity index (χ1) is 15.8. The lowest BCUT2D eigenvalue weighted by Gasteiger charge is -2.24. The molecule has 0 saturated carbocycles. The molecule has 1 amide bonds. The summed E-state index contributed by atoms with van der Waals surface area (Å²) < 4.78 is 36.8. The summed E-state index contributed by atoms with van der Waals surface area (Å²) in [6, 6.07) is 20.8. The Bertz CT molecular complexity index is 1240. The summed E-state index contributed by atoms with van der Waals surface area (Å²) in [5.41, 5.74) is 4.33. The molecule has 0 aromatic heterocycles. The second-order valence-electron chi connectivity index (χ2n) is 7.08. The third kappa shape index (κ3) is 6.11. The third-order valence-corrected chi connectivity index (χ3v) is 5.92. The molecule has 3 rings (SSSR count). The van der Waals surface area contributed by atoms with Gasteiger partial charge in [-0.25, -0.2) is 13.8 Å². The molecule has 1 N–H and O–H groups in total. The van der Waals surface area contributed by atoms with Crippen molar-refractivity contribution in [3.05, 3.63) is 89.5 Å². The van der Waals surface area contributed by atoms with Gasteiger partial charge in [-0.2, -0.15) is 5.10 Å². The summed E-state index contributed by atoms with van der Waals surface area (Å²) in [5, 5.41) is 4.02. The van der Waals surface area contributed by atoms with E-state index in [2.05, 4.69) is 10.5 Å². The minimum atomic E-state index is -3.66. The van der Waals surface area contributed by atoms with Gasteiger partial charge in [-0.1, -0.05) is 42.5 Å². The zero-order chi connectivity index (χ0) is 23.8. The number of methoxy groups -OCH3 is 2. The SMILES string of the molecule is COc1ccc(/C=N/NC(=O)c2ccccc2N(Cc2ccccc2)S(C)(=O)=O)c(OC)c1. The second kappa shape index (κ2) is 10.6. The lowest BCUT2D eigenvalue weighted by atomic mass is 10.1. The van der Waals surface area contributed by atoms with Crippen LogP contribution in [0.15, 0.2) is 77.9 Å². The van der Waals surface area contributed by atoms with Crippen LogP contribution in [0.2, 0.25) is 0 Å². The average Bonchev–Trinajstić information content (AvgIpc) is 2.82. The molecule has 0 aliphatic rings. The quantitative estimate of drug-likeness (QED) is 0.384. The maximum atomic E-state index is 12.9. The lowest BCUT2D eigenvalue weighted by molar-refractivity contribution is 0.0955. The molecule has 0 radical (unpaired) electrons. The summed E-state index contributed by atoms with van der Waals surface area (Å²) >= 11 is 0. The summed E-state index contributed by atoms with van der Waals surface area (Å²) in [5.74, 6) is 0.608. The molecule has 0 saturated heterocycles. The summed E-state index contributed by atoms with van der Waals surface area (Å²) in [7, 11) is -0.590. The highest BCUT2D eigenvalue weighted by molar-refractivity contribution is 7.92.